The molecule has 214 valence electrons. The highest BCUT2D eigenvalue weighted by molar-refractivity contribution is 7.89. The topological polar surface area (TPSA) is 100 Å². The van der Waals surface area contributed by atoms with Crippen molar-refractivity contribution in [2.24, 2.45) is 0 Å². The first-order chi connectivity index (χ1) is 19.3. The Morgan fingerprint density at radius 2 is 1.90 bits per heavy atom. The second kappa shape index (κ2) is 12.4. The minimum absolute atomic E-state index is 0.111. The van der Waals surface area contributed by atoms with Gasteiger partial charge in [0.1, 0.15) is 9.92 Å². The van der Waals surface area contributed by atoms with Gasteiger partial charge in [0, 0.05) is 33.2 Å². The van der Waals surface area contributed by atoms with Gasteiger partial charge in [0.2, 0.25) is 10.0 Å². The first-order valence-electron chi connectivity index (χ1n) is 13.4. The van der Waals surface area contributed by atoms with Gasteiger partial charge in [-0.1, -0.05) is 29.8 Å². The van der Waals surface area contributed by atoms with Gasteiger partial charge < -0.3 is 10.1 Å². The van der Waals surface area contributed by atoms with Crippen LogP contribution < -0.4 is 10.4 Å². The number of nitrogens with one attached hydrogen (secondary N) is 1. The fraction of sp³-hybridized carbons (Fsp3) is 0.429. The Bertz CT molecular complexity index is 1450. The van der Waals surface area contributed by atoms with Gasteiger partial charge in [0.05, 0.1) is 37.9 Å². The molecule has 3 aromatic rings. The van der Waals surface area contributed by atoms with Crippen LogP contribution >= 0.6 is 11.6 Å². The molecular formula is C28H35ClN6O4S. The fourth-order valence-corrected chi connectivity index (χ4v) is 6.46. The van der Waals surface area contributed by atoms with E-state index in [9.17, 15) is 8.42 Å². The van der Waals surface area contributed by atoms with Gasteiger partial charge in [-0.25, -0.2) is 17.7 Å². The monoisotopic (exact) mass is 586 g/mol. The number of nitrogens with zero attached hydrogens (tertiary/aromatic N) is 5. The molecule has 1 unspecified atom stereocenters. The van der Waals surface area contributed by atoms with Crippen LogP contribution in [0.5, 0.6) is 0 Å². The van der Waals surface area contributed by atoms with Crippen LogP contribution in [0.1, 0.15) is 24.0 Å². The van der Waals surface area contributed by atoms with E-state index in [-0.39, 0.29) is 21.7 Å². The molecule has 40 heavy (non-hydrogen) atoms. The van der Waals surface area contributed by atoms with Crippen molar-refractivity contribution in [1.82, 2.24) is 19.2 Å². The molecule has 0 spiro atoms. The Labute approximate surface area is 240 Å². The maximum absolute atomic E-state index is 12.9. The smallest absolute Gasteiger partial charge is 0.256 e. The van der Waals surface area contributed by atoms with Gasteiger partial charge in [-0.3, -0.25) is 9.74 Å². The summed E-state index contributed by atoms with van der Waals surface area (Å²) in [6.45, 7) is 3.52. The predicted molar refractivity (Wildman–Crippen MR) is 156 cm³/mol. The molecule has 0 amide bonds. The molecule has 2 aromatic carbocycles. The summed E-state index contributed by atoms with van der Waals surface area (Å²) in [5.41, 5.74) is 3.80. The third-order valence-corrected chi connectivity index (χ3v) is 9.57. The van der Waals surface area contributed by atoms with Gasteiger partial charge in [0.25, 0.3) is 5.95 Å². The lowest BCUT2D eigenvalue weighted by molar-refractivity contribution is 0.0149. The number of para-hydroxylation sites is 1. The number of anilines is 4. The lowest BCUT2D eigenvalue weighted by Crippen LogP contribution is -2.44. The highest BCUT2D eigenvalue weighted by Crippen LogP contribution is 2.33. The van der Waals surface area contributed by atoms with Gasteiger partial charge in [-0.15, -0.1) is 0 Å². The second-order valence-electron chi connectivity index (χ2n) is 10.1. The zero-order valence-corrected chi connectivity index (χ0v) is 24.6. The average molecular weight is 587 g/mol. The van der Waals surface area contributed by atoms with E-state index in [2.05, 4.69) is 32.3 Å². The van der Waals surface area contributed by atoms with E-state index >= 15 is 0 Å². The summed E-state index contributed by atoms with van der Waals surface area (Å²) in [4.78, 5) is 17.4. The quantitative estimate of drug-likeness (QED) is 0.304. The number of hydrogen-bond donors (Lipinski definition) is 1. The maximum Gasteiger partial charge on any atom is 0.256 e. The van der Waals surface area contributed by atoms with Crippen LogP contribution in [0.15, 0.2) is 53.6 Å². The van der Waals surface area contributed by atoms with Crippen molar-refractivity contribution in [3.05, 3.63) is 64.8 Å². The minimum Gasteiger partial charge on any atom is -0.379 e. The van der Waals surface area contributed by atoms with E-state index in [1.165, 1.54) is 43.9 Å². The van der Waals surface area contributed by atoms with Crippen molar-refractivity contribution in [3.63, 3.8) is 0 Å². The van der Waals surface area contributed by atoms with Crippen LogP contribution in [0.25, 0.3) is 0 Å². The summed E-state index contributed by atoms with van der Waals surface area (Å²) >= 11 is 6.45. The summed E-state index contributed by atoms with van der Waals surface area (Å²) in [5.74, 6) is 0.526. The third-order valence-electron chi connectivity index (χ3n) is 7.42. The molecule has 10 nitrogen and oxygen atoms in total. The van der Waals surface area contributed by atoms with Gasteiger partial charge >= 0.3 is 0 Å². The lowest BCUT2D eigenvalue weighted by atomic mass is 10.00. The number of fused-ring (bicyclic) bond motifs is 1. The molecular weight excluding hydrogens is 552 g/mol. The number of rotatable bonds is 8. The van der Waals surface area contributed by atoms with Gasteiger partial charge in [-0.2, -0.15) is 10.0 Å². The summed E-state index contributed by atoms with van der Waals surface area (Å²) in [6.07, 6.45) is 5.80. The van der Waals surface area contributed by atoms with Gasteiger partial charge in [-0.05, 0) is 61.1 Å². The highest BCUT2D eigenvalue weighted by atomic mass is 35.5. The first kappa shape index (κ1) is 28.7. The predicted octanol–water partition coefficient (Wildman–Crippen LogP) is 4.40. The van der Waals surface area contributed by atoms with Crippen LogP contribution in [0.3, 0.4) is 0 Å². The molecule has 1 N–H and O–H groups in total. The van der Waals surface area contributed by atoms with Crippen LogP contribution in [-0.2, 0) is 32.4 Å². The molecule has 0 radical (unpaired) electrons. The Hall–Kier alpha value is -2.80. The number of ether oxygens (including phenoxy) is 1. The Balaban J connectivity index is 1.43. The molecule has 1 aromatic heterocycles. The highest BCUT2D eigenvalue weighted by Gasteiger charge is 2.26. The summed E-state index contributed by atoms with van der Waals surface area (Å²) in [5, 5.41) is 4.88. The SMILES string of the molecule is CON(c1ccc2c(c1)CC(N1CCOCC1)CCC2)c1ncc(Cl)c(Nc2ccccc2S(=O)(=O)N(C)C)n1. The van der Waals surface area contributed by atoms with Crippen molar-refractivity contribution in [3.8, 4) is 0 Å². The van der Waals surface area contributed by atoms with Crippen LogP contribution in [0, 0.1) is 0 Å². The molecule has 12 heteroatoms. The second-order valence-corrected chi connectivity index (χ2v) is 12.6. The fourth-order valence-electron chi connectivity index (χ4n) is 5.28. The molecule has 2 heterocycles. The molecule has 5 rings (SSSR count). The van der Waals surface area contributed by atoms with E-state index < -0.39 is 10.0 Å². The normalized spacial score (nSPS) is 18.3. The maximum atomic E-state index is 12.9. The molecule has 1 aliphatic heterocycles. The number of benzene rings is 2. The molecule has 1 atom stereocenters. The molecule has 1 aliphatic carbocycles. The molecule has 0 saturated carbocycles. The third kappa shape index (κ3) is 6.09. The number of morpholine rings is 1. The van der Waals surface area contributed by atoms with Crippen molar-refractivity contribution in [1.29, 1.82) is 0 Å². The first-order valence-corrected chi connectivity index (χ1v) is 15.2. The summed E-state index contributed by atoms with van der Waals surface area (Å²) in [7, 11) is 0.838. The number of sulfonamides is 1. The summed E-state index contributed by atoms with van der Waals surface area (Å²) in [6, 6.07) is 13.4. The number of aromatic nitrogens is 2. The van der Waals surface area contributed by atoms with Crippen LogP contribution in [0.4, 0.5) is 23.1 Å². The van der Waals surface area contributed by atoms with E-state index in [0.29, 0.717) is 11.7 Å². The van der Waals surface area contributed by atoms with E-state index in [0.717, 1.165) is 55.6 Å². The number of aryl methyl sites for hydroxylation is 1. The van der Waals surface area contributed by atoms with Gasteiger partial charge in [0.15, 0.2) is 5.82 Å². The Morgan fingerprint density at radius 3 is 2.65 bits per heavy atom. The molecule has 1 fully saturated rings. The van der Waals surface area contributed by atoms with E-state index in [1.54, 1.807) is 30.4 Å². The summed E-state index contributed by atoms with van der Waals surface area (Å²) < 4.78 is 32.5. The minimum atomic E-state index is -3.70. The standard InChI is InChI=1S/C28H35ClN6O4S/c1-33(2)40(36,37)26-10-5-4-9-25(26)31-27-24(29)19-30-28(32-27)35(38-3)23-12-11-20-7-6-8-22(17-21(20)18-23)34-13-15-39-16-14-34/h4-5,9-12,18-19,22H,6-8,13-17H2,1-3H3,(H,30,31,32). The zero-order valence-electron chi connectivity index (χ0n) is 23.0. The molecule has 2 aliphatic rings. The number of hydrogen-bond acceptors (Lipinski definition) is 9. The Kier molecular flexibility index (Phi) is 8.89. The van der Waals surface area contributed by atoms with E-state index in [1.807, 2.05) is 6.07 Å². The molecule has 1 saturated heterocycles. The van der Waals surface area contributed by atoms with Crippen molar-refractivity contribution < 1.29 is 18.0 Å². The lowest BCUT2D eigenvalue weighted by Gasteiger charge is -2.34. The zero-order chi connectivity index (χ0) is 28.3. The van der Waals surface area contributed by atoms with E-state index in [4.69, 9.17) is 21.2 Å². The van der Waals surface area contributed by atoms with Crippen LogP contribution in [-0.4, -0.2) is 81.1 Å². The largest absolute Gasteiger partial charge is 0.379 e. The Morgan fingerprint density at radius 1 is 1.12 bits per heavy atom. The van der Waals surface area contributed by atoms with Crippen molar-refractivity contribution >= 4 is 44.8 Å². The van der Waals surface area contributed by atoms with Crippen LogP contribution in [0.2, 0.25) is 5.02 Å². The van der Waals surface area contributed by atoms with Crippen molar-refractivity contribution in [2.45, 2.75) is 36.6 Å². The average Bonchev–Trinajstić information content (AvgIpc) is 3.18. The van der Waals surface area contributed by atoms with Crippen molar-refractivity contribution in [2.75, 3.05) is 57.9 Å². The molecule has 0 bridgehead atoms. The number of halogens is 1.